The molecule has 156 valence electrons. The van der Waals surface area contributed by atoms with E-state index in [4.69, 9.17) is 14.9 Å². The number of nitrogens with two attached hydrogens (primary N) is 1. The number of hydrogen-bond acceptors (Lipinski definition) is 4. The van der Waals surface area contributed by atoms with Crippen LogP contribution < -0.4 is 5.73 Å². The maximum atomic E-state index is 12.3. The van der Waals surface area contributed by atoms with Crippen molar-refractivity contribution in [2.75, 3.05) is 13.1 Å². The highest BCUT2D eigenvalue weighted by Gasteiger charge is 2.55. The van der Waals surface area contributed by atoms with Crippen LogP contribution in [0.2, 0.25) is 0 Å². The molecule has 0 aromatic carbocycles. The molecule has 1 atom stereocenters. The Morgan fingerprint density at radius 2 is 2.00 bits per heavy atom. The molecule has 2 heterocycles. The van der Waals surface area contributed by atoms with E-state index in [1.807, 2.05) is 50.8 Å². The Bertz CT molecular complexity index is 700. The molecule has 28 heavy (non-hydrogen) atoms. The first-order chi connectivity index (χ1) is 13.0. The van der Waals surface area contributed by atoms with Crippen molar-refractivity contribution >= 4 is 6.09 Å². The van der Waals surface area contributed by atoms with Gasteiger partial charge in [-0.3, -0.25) is 0 Å². The molecule has 0 bridgehead atoms. The van der Waals surface area contributed by atoms with Crippen molar-refractivity contribution in [1.82, 2.24) is 4.90 Å². The lowest BCUT2D eigenvalue weighted by Crippen LogP contribution is -2.64. The molecule has 1 spiro atoms. The fourth-order valence-electron chi connectivity index (χ4n) is 5.01. The van der Waals surface area contributed by atoms with Gasteiger partial charge in [-0.15, -0.1) is 6.58 Å². The highest BCUT2D eigenvalue weighted by Crippen LogP contribution is 2.57. The monoisotopic (exact) mass is 388 g/mol. The third-order valence-corrected chi connectivity index (χ3v) is 6.40. The summed E-state index contributed by atoms with van der Waals surface area (Å²) in [6.45, 7) is 13.3. The number of carbonyl (C=O) groups excluding carboxylic acids is 1. The average Bonchev–Trinajstić information content (AvgIpc) is 2.98. The summed E-state index contributed by atoms with van der Waals surface area (Å²) in [6.07, 6.45) is 7.72. The zero-order valence-electron chi connectivity index (χ0n) is 17.9. The summed E-state index contributed by atoms with van der Waals surface area (Å²) in [6, 6.07) is 4.06. The van der Waals surface area contributed by atoms with Gasteiger partial charge in [-0.05, 0) is 83.3 Å². The van der Waals surface area contributed by atoms with Crippen LogP contribution in [0.1, 0.15) is 64.4 Å². The Kier molecular flexibility index (Phi) is 5.68. The van der Waals surface area contributed by atoms with Crippen LogP contribution in [0.25, 0.3) is 0 Å². The Labute approximate surface area is 169 Å². The van der Waals surface area contributed by atoms with Crippen LogP contribution in [0.3, 0.4) is 0 Å². The minimum Gasteiger partial charge on any atom is -0.466 e. The fraction of sp³-hybridized carbons (Fsp3) is 0.696. The highest BCUT2D eigenvalue weighted by atomic mass is 16.6. The van der Waals surface area contributed by atoms with Gasteiger partial charge in [-0.1, -0.05) is 6.08 Å². The minimum atomic E-state index is -0.446. The van der Waals surface area contributed by atoms with Gasteiger partial charge in [0.1, 0.15) is 17.1 Å². The number of rotatable bonds is 5. The lowest BCUT2D eigenvalue weighted by Gasteiger charge is -2.60. The topological polar surface area (TPSA) is 68.7 Å². The lowest BCUT2D eigenvalue weighted by molar-refractivity contribution is -0.0535. The normalized spacial score (nSPS) is 21.8. The molecule has 0 unspecified atom stereocenters. The number of carbonyl (C=O) groups is 1. The molecular weight excluding hydrogens is 352 g/mol. The Balaban J connectivity index is 1.50. The maximum absolute atomic E-state index is 12.3. The summed E-state index contributed by atoms with van der Waals surface area (Å²) < 4.78 is 11.2. The molecule has 1 saturated heterocycles. The molecule has 1 saturated carbocycles. The van der Waals surface area contributed by atoms with E-state index in [9.17, 15) is 4.79 Å². The molecule has 0 radical (unpaired) electrons. The number of likely N-dealkylation sites (tertiary alicyclic amines) is 1. The summed E-state index contributed by atoms with van der Waals surface area (Å²) in [5.74, 6) is 2.26. The molecule has 2 fully saturated rings. The molecule has 1 aliphatic heterocycles. The second kappa shape index (κ2) is 7.58. The molecule has 1 aromatic heterocycles. The predicted octanol–water partition coefficient (Wildman–Crippen LogP) is 4.83. The number of aryl methyl sites for hydroxylation is 2. The lowest BCUT2D eigenvalue weighted by atomic mass is 9.50. The van der Waals surface area contributed by atoms with Crippen LogP contribution in [0.15, 0.2) is 29.2 Å². The first-order valence-corrected chi connectivity index (χ1v) is 10.5. The van der Waals surface area contributed by atoms with Gasteiger partial charge in [0.05, 0.1) is 0 Å². The van der Waals surface area contributed by atoms with Gasteiger partial charge in [0.15, 0.2) is 0 Å². The van der Waals surface area contributed by atoms with Crippen molar-refractivity contribution in [3.05, 3.63) is 36.3 Å². The van der Waals surface area contributed by atoms with E-state index in [1.54, 1.807) is 0 Å². The van der Waals surface area contributed by atoms with Crippen molar-refractivity contribution in [3.8, 4) is 0 Å². The van der Waals surface area contributed by atoms with Crippen LogP contribution in [0.4, 0.5) is 4.79 Å². The summed E-state index contributed by atoms with van der Waals surface area (Å²) >= 11 is 0. The quantitative estimate of drug-likeness (QED) is 0.734. The molecule has 5 nitrogen and oxygen atoms in total. The van der Waals surface area contributed by atoms with Crippen LogP contribution in [-0.2, 0) is 11.2 Å². The van der Waals surface area contributed by atoms with Crippen LogP contribution in [0.5, 0.6) is 0 Å². The number of furan rings is 1. The van der Waals surface area contributed by atoms with E-state index in [0.717, 1.165) is 63.1 Å². The summed E-state index contributed by atoms with van der Waals surface area (Å²) in [7, 11) is 0. The molecule has 1 amide bonds. The van der Waals surface area contributed by atoms with Gasteiger partial charge in [-0.2, -0.15) is 0 Å². The van der Waals surface area contributed by atoms with Gasteiger partial charge in [0.25, 0.3) is 0 Å². The van der Waals surface area contributed by atoms with E-state index in [2.05, 4.69) is 6.58 Å². The zero-order valence-corrected chi connectivity index (χ0v) is 17.9. The van der Waals surface area contributed by atoms with E-state index in [-0.39, 0.29) is 23.0 Å². The molecule has 1 aliphatic carbocycles. The summed E-state index contributed by atoms with van der Waals surface area (Å²) in [4.78, 5) is 14.1. The molecule has 5 heteroatoms. The van der Waals surface area contributed by atoms with Crippen molar-refractivity contribution in [3.63, 3.8) is 0 Å². The first-order valence-electron chi connectivity index (χ1n) is 10.5. The standard InChI is InChI=1S/C23H36N2O3/c1-6-18(8-10-19-9-7-17(2)27-19)23(24)15-22(16-23)11-13-25(14-12-22)20(26)28-21(3,4)5/h6-7,9,18H,1,8,10-16,24H2,2-5H3/t18-/m1/s1. The maximum Gasteiger partial charge on any atom is 0.410 e. The van der Waals surface area contributed by atoms with E-state index >= 15 is 0 Å². The fourth-order valence-corrected chi connectivity index (χ4v) is 5.01. The number of hydrogen-bond donors (Lipinski definition) is 1. The number of amides is 1. The first kappa shape index (κ1) is 21.0. The average molecular weight is 389 g/mol. The minimum absolute atomic E-state index is 0.183. The smallest absolute Gasteiger partial charge is 0.410 e. The van der Waals surface area contributed by atoms with Crippen LogP contribution >= 0.6 is 0 Å². The highest BCUT2D eigenvalue weighted by molar-refractivity contribution is 5.68. The van der Waals surface area contributed by atoms with Crippen molar-refractivity contribution in [1.29, 1.82) is 0 Å². The molecular formula is C23H36N2O3. The number of piperidine rings is 1. The zero-order chi connectivity index (χ0) is 20.6. The van der Waals surface area contributed by atoms with Gasteiger partial charge >= 0.3 is 6.09 Å². The largest absolute Gasteiger partial charge is 0.466 e. The van der Waals surface area contributed by atoms with E-state index < -0.39 is 5.60 Å². The summed E-state index contributed by atoms with van der Waals surface area (Å²) in [5.41, 5.74) is 6.45. The van der Waals surface area contributed by atoms with Crippen molar-refractivity contribution < 1.29 is 13.9 Å². The second-order valence-corrected chi connectivity index (χ2v) is 9.95. The number of ether oxygens (including phenoxy) is 1. The third kappa shape index (κ3) is 4.62. The second-order valence-electron chi connectivity index (χ2n) is 9.95. The van der Waals surface area contributed by atoms with Crippen LogP contribution in [-0.4, -0.2) is 35.2 Å². The van der Waals surface area contributed by atoms with Gasteiger partial charge in [0, 0.05) is 25.0 Å². The van der Waals surface area contributed by atoms with Gasteiger partial charge in [0.2, 0.25) is 0 Å². The molecule has 3 rings (SSSR count). The molecule has 2 N–H and O–H groups in total. The van der Waals surface area contributed by atoms with Gasteiger partial charge < -0.3 is 19.8 Å². The molecule has 2 aliphatic rings. The Hall–Kier alpha value is -1.75. The SMILES string of the molecule is C=C[C@H](CCc1ccc(C)o1)C1(N)CC2(CCN(C(=O)OC(C)(C)C)CC2)C1. The number of nitrogens with zero attached hydrogens (tertiary/aromatic N) is 1. The van der Waals surface area contributed by atoms with Gasteiger partial charge in [-0.25, -0.2) is 4.79 Å². The Morgan fingerprint density at radius 3 is 2.50 bits per heavy atom. The van der Waals surface area contributed by atoms with E-state index in [0.29, 0.717) is 0 Å². The predicted molar refractivity (Wildman–Crippen MR) is 111 cm³/mol. The molecule has 1 aromatic rings. The third-order valence-electron chi connectivity index (χ3n) is 6.40. The Morgan fingerprint density at radius 1 is 1.36 bits per heavy atom. The summed E-state index contributed by atoms with van der Waals surface area (Å²) in [5, 5.41) is 0. The van der Waals surface area contributed by atoms with E-state index in [1.165, 1.54) is 0 Å². The van der Waals surface area contributed by atoms with Crippen LogP contribution in [0, 0.1) is 18.3 Å². The van der Waals surface area contributed by atoms with Crippen molar-refractivity contribution in [2.24, 2.45) is 17.1 Å². The van der Waals surface area contributed by atoms with Crippen molar-refractivity contribution in [2.45, 2.75) is 77.4 Å².